The maximum Gasteiger partial charge on any atom is 0.265 e. The van der Waals surface area contributed by atoms with Gasteiger partial charge in [0.2, 0.25) is 0 Å². The molecule has 0 aliphatic heterocycles. The number of aliphatic hydroxyl groups is 1. The maximum absolute atomic E-state index is 12.1. The fourth-order valence-electron chi connectivity index (χ4n) is 2.39. The summed E-state index contributed by atoms with van der Waals surface area (Å²) >= 11 is 1.07. The Hall–Kier alpha value is -1.79. The van der Waals surface area contributed by atoms with E-state index in [0.717, 1.165) is 22.7 Å². The van der Waals surface area contributed by atoms with Crippen molar-refractivity contribution < 1.29 is 9.90 Å². The Morgan fingerprint density at radius 2 is 2.26 bits per heavy atom. The monoisotopic (exact) mass is 275 g/mol. The van der Waals surface area contributed by atoms with Gasteiger partial charge in [0.05, 0.1) is 17.8 Å². The first-order chi connectivity index (χ1) is 9.16. The number of nitrogens with one attached hydrogen (secondary N) is 1. The van der Waals surface area contributed by atoms with Crippen molar-refractivity contribution in [2.24, 2.45) is 0 Å². The second-order valence-corrected chi connectivity index (χ2v) is 5.36. The zero-order valence-electron chi connectivity index (χ0n) is 10.3. The van der Waals surface area contributed by atoms with Crippen LogP contribution in [0.5, 0.6) is 0 Å². The maximum atomic E-state index is 12.1. The summed E-state index contributed by atoms with van der Waals surface area (Å²) in [5, 5.41) is 16.8. The molecule has 0 radical (unpaired) electrons. The Balaban J connectivity index is 1.84. The molecule has 2 N–H and O–H groups in total. The summed E-state index contributed by atoms with van der Waals surface area (Å²) in [4.78, 5) is 12.6. The van der Waals surface area contributed by atoms with Gasteiger partial charge in [-0.1, -0.05) is 28.8 Å². The highest BCUT2D eigenvalue weighted by Gasteiger charge is 2.32. The van der Waals surface area contributed by atoms with Gasteiger partial charge in [0.15, 0.2) is 0 Å². The molecule has 5 nitrogen and oxygen atoms in total. The number of amides is 1. The molecule has 2 unspecified atom stereocenters. The molecule has 0 bridgehead atoms. The number of nitrogens with zero attached hydrogens (tertiary/aromatic N) is 2. The van der Waals surface area contributed by atoms with Gasteiger partial charge < -0.3 is 10.4 Å². The Morgan fingerprint density at radius 3 is 3.00 bits per heavy atom. The second kappa shape index (κ2) is 4.71. The van der Waals surface area contributed by atoms with Gasteiger partial charge in [-0.25, -0.2) is 0 Å². The Morgan fingerprint density at radius 1 is 1.47 bits per heavy atom. The van der Waals surface area contributed by atoms with Gasteiger partial charge in [0.25, 0.3) is 5.91 Å². The lowest BCUT2D eigenvalue weighted by Crippen LogP contribution is -2.33. The molecule has 0 saturated heterocycles. The van der Waals surface area contributed by atoms with Gasteiger partial charge in [-0.2, -0.15) is 0 Å². The summed E-state index contributed by atoms with van der Waals surface area (Å²) in [7, 11) is 0. The van der Waals surface area contributed by atoms with Crippen LogP contribution < -0.4 is 5.32 Å². The van der Waals surface area contributed by atoms with Crippen LogP contribution in [0.4, 0.5) is 0 Å². The molecular formula is C13H13N3O2S. The average Bonchev–Trinajstić information content (AvgIpc) is 2.94. The van der Waals surface area contributed by atoms with E-state index in [2.05, 4.69) is 14.9 Å². The number of fused-ring (bicyclic) bond motifs is 1. The van der Waals surface area contributed by atoms with E-state index in [4.69, 9.17) is 0 Å². The lowest BCUT2D eigenvalue weighted by molar-refractivity contribution is 0.0861. The van der Waals surface area contributed by atoms with Crippen molar-refractivity contribution in [2.75, 3.05) is 0 Å². The van der Waals surface area contributed by atoms with Crippen molar-refractivity contribution in [1.82, 2.24) is 14.9 Å². The number of rotatable bonds is 2. The van der Waals surface area contributed by atoms with Crippen molar-refractivity contribution in [1.29, 1.82) is 0 Å². The molecule has 2 aromatic rings. The first-order valence-electron chi connectivity index (χ1n) is 6.02. The topological polar surface area (TPSA) is 75.1 Å². The van der Waals surface area contributed by atoms with Gasteiger partial charge in [-0.15, -0.1) is 5.10 Å². The van der Waals surface area contributed by atoms with Crippen molar-refractivity contribution in [3.63, 3.8) is 0 Å². The molecule has 1 aromatic heterocycles. The van der Waals surface area contributed by atoms with Crippen LogP contribution in [0.3, 0.4) is 0 Å². The zero-order valence-corrected chi connectivity index (χ0v) is 11.1. The minimum Gasteiger partial charge on any atom is -0.390 e. The highest BCUT2D eigenvalue weighted by Crippen LogP contribution is 2.31. The standard InChI is InChI=1S/C13H13N3O2S/c1-7-12(19-16-15-7)13(18)14-11-9-5-3-2-4-8(9)6-10(11)17/h2-5,10-11,17H,6H2,1H3,(H,14,18). The number of carbonyl (C=O) groups is 1. The smallest absolute Gasteiger partial charge is 0.265 e. The molecule has 0 saturated carbocycles. The molecule has 3 rings (SSSR count). The van der Waals surface area contributed by atoms with Crippen molar-refractivity contribution in [3.05, 3.63) is 46.0 Å². The summed E-state index contributed by atoms with van der Waals surface area (Å²) in [6, 6.07) is 7.41. The molecular weight excluding hydrogens is 262 g/mol. The number of carbonyl (C=O) groups excluding carboxylic acids is 1. The van der Waals surface area contributed by atoms with Gasteiger partial charge in [0.1, 0.15) is 4.88 Å². The lowest BCUT2D eigenvalue weighted by Gasteiger charge is -2.17. The van der Waals surface area contributed by atoms with E-state index in [-0.39, 0.29) is 11.9 Å². The van der Waals surface area contributed by atoms with E-state index < -0.39 is 6.10 Å². The average molecular weight is 275 g/mol. The van der Waals surface area contributed by atoms with E-state index in [1.165, 1.54) is 0 Å². The van der Waals surface area contributed by atoms with Gasteiger partial charge in [-0.05, 0) is 29.6 Å². The first kappa shape index (κ1) is 12.3. The van der Waals surface area contributed by atoms with E-state index in [9.17, 15) is 9.90 Å². The van der Waals surface area contributed by atoms with Gasteiger partial charge in [-0.3, -0.25) is 4.79 Å². The van der Waals surface area contributed by atoms with Crippen molar-refractivity contribution >= 4 is 17.4 Å². The quantitative estimate of drug-likeness (QED) is 0.864. The van der Waals surface area contributed by atoms with Crippen molar-refractivity contribution in [2.45, 2.75) is 25.5 Å². The normalized spacial score (nSPS) is 21.2. The van der Waals surface area contributed by atoms with Gasteiger partial charge in [0, 0.05) is 6.42 Å². The highest BCUT2D eigenvalue weighted by molar-refractivity contribution is 7.08. The summed E-state index contributed by atoms with van der Waals surface area (Å²) in [6.07, 6.45) is -0.0105. The predicted molar refractivity (Wildman–Crippen MR) is 71.0 cm³/mol. The molecule has 1 aliphatic carbocycles. The van der Waals surface area contributed by atoms with E-state index in [0.29, 0.717) is 17.0 Å². The summed E-state index contributed by atoms with van der Waals surface area (Å²) in [6.45, 7) is 1.75. The molecule has 0 fully saturated rings. The largest absolute Gasteiger partial charge is 0.390 e. The van der Waals surface area contributed by atoms with E-state index in [1.54, 1.807) is 6.92 Å². The van der Waals surface area contributed by atoms with Crippen LogP contribution in [-0.4, -0.2) is 26.7 Å². The Kier molecular flexibility index (Phi) is 3.04. The molecule has 6 heteroatoms. The number of hydrogen-bond acceptors (Lipinski definition) is 5. The summed E-state index contributed by atoms with van der Waals surface area (Å²) < 4.78 is 3.75. The summed E-state index contributed by atoms with van der Waals surface area (Å²) in [5.41, 5.74) is 2.68. The van der Waals surface area contributed by atoms with Crippen LogP contribution in [0.2, 0.25) is 0 Å². The molecule has 1 aliphatic rings. The second-order valence-electron chi connectivity index (χ2n) is 4.61. The van der Waals surface area contributed by atoms with Crippen LogP contribution in [0.15, 0.2) is 24.3 Å². The third kappa shape index (κ3) is 2.13. The molecule has 1 aromatic carbocycles. The SMILES string of the molecule is Cc1nnsc1C(=O)NC1c2ccccc2CC1O. The number of aromatic nitrogens is 2. The lowest BCUT2D eigenvalue weighted by atomic mass is 10.1. The Labute approximate surface area is 114 Å². The summed E-state index contributed by atoms with van der Waals surface area (Å²) in [5.74, 6) is -0.228. The van der Waals surface area contributed by atoms with E-state index >= 15 is 0 Å². The number of aliphatic hydroxyl groups excluding tert-OH is 1. The third-order valence-electron chi connectivity index (χ3n) is 3.35. The predicted octanol–water partition coefficient (Wildman–Crippen LogP) is 1.23. The van der Waals surface area contributed by atoms with Crippen LogP contribution in [0, 0.1) is 6.92 Å². The minimum absolute atomic E-state index is 0.228. The fraction of sp³-hybridized carbons (Fsp3) is 0.308. The molecule has 1 heterocycles. The van der Waals surface area contributed by atoms with Crippen LogP contribution >= 0.6 is 11.5 Å². The fourth-order valence-corrected chi connectivity index (χ4v) is 2.95. The molecule has 1 amide bonds. The molecule has 19 heavy (non-hydrogen) atoms. The number of benzene rings is 1. The van der Waals surface area contributed by atoms with Crippen LogP contribution in [0.25, 0.3) is 0 Å². The minimum atomic E-state index is -0.581. The molecule has 2 atom stereocenters. The number of hydrogen-bond donors (Lipinski definition) is 2. The van der Waals surface area contributed by atoms with Crippen LogP contribution in [0.1, 0.15) is 32.5 Å². The number of aryl methyl sites for hydroxylation is 1. The molecule has 0 spiro atoms. The zero-order chi connectivity index (χ0) is 13.4. The van der Waals surface area contributed by atoms with Crippen molar-refractivity contribution in [3.8, 4) is 0 Å². The Bertz CT molecular complexity index is 626. The van der Waals surface area contributed by atoms with Crippen LogP contribution in [-0.2, 0) is 6.42 Å². The third-order valence-corrected chi connectivity index (χ3v) is 4.18. The highest BCUT2D eigenvalue weighted by atomic mass is 32.1. The first-order valence-corrected chi connectivity index (χ1v) is 6.80. The van der Waals surface area contributed by atoms with E-state index in [1.807, 2.05) is 24.3 Å². The van der Waals surface area contributed by atoms with Gasteiger partial charge >= 0.3 is 0 Å². The molecule has 98 valence electrons.